The summed E-state index contributed by atoms with van der Waals surface area (Å²) in [5.41, 5.74) is -0.439. The average Bonchev–Trinajstić information content (AvgIpc) is 2.26. The fraction of sp³-hybridized carbons (Fsp3) is 1.00. The minimum absolute atomic E-state index is 0.0998. The van der Waals surface area contributed by atoms with E-state index in [1.807, 2.05) is 6.92 Å². The van der Waals surface area contributed by atoms with E-state index in [-0.39, 0.29) is 5.75 Å². The molecule has 0 amide bonds. The molecule has 0 rings (SSSR count). The highest BCUT2D eigenvalue weighted by Crippen LogP contribution is 2.18. The molecule has 0 bridgehead atoms. The maximum atomic E-state index is 11.8. The first-order chi connectivity index (χ1) is 7.45. The molecule has 0 radical (unpaired) electrons. The Hall–Kier alpha value is 0.830. The Labute approximate surface area is 115 Å². The molecule has 0 atom stereocenters. The summed E-state index contributed by atoms with van der Waals surface area (Å²) in [5, 5.41) is 1.18. The monoisotopic (exact) mass is 379 g/mol. The Balaban J connectivity index is 4.42. The van der Waals surface area contributed by atoms with Gasteiger partial charge in [-0.1, -0.05) is 38.8 Å². The van der Waals surface area contributed by atoms with Gasteiger partial charge in [0.25, 0.3) is 0 Å². The van der Waals surface area contributed by atoms with Crippen LogP contribution in [0.4, 0.5) is 0 Å². The fourth-order valence-electron chi connectivity index (χ4n) is 1.13. The second-order valence-electron chi connectivity index (χ2n) is 3.67. The van der Waals surface area contributed by atoms with Gasteiger partial charge in [0.2, 0.25) is 10.0 Å². The van der Waals surface area contributed by atoms with Gasteiger partial charge in [-0.15, -0.1) is 0 Å². The predicted molar refractivity (Wildman–Crippen MR) is 74.0 cm³/mol. The van der Waals surface area contributed by atoms with Crippen molar-refractivity contribution < 1.29 is 13.2 Å². The number of halogens is 2. The third kappa shape index (κ3) is 5.95. The molecule has 98 valence electrons. The third-order valence-electron chi connectivity index (χ3n) is 2.32. The van der Waals surface area contributed by atoms with Crippen LogP contribution in [-0.2, 0) is 14.8 Å². The molecule has 0 aliphatic heterocycles. The summed E-state index contributed by atoms with van der Waals surface area (Å²) in [5.74, 6) is 0.0998. The van der Waals surface area contributed by atoms with Gasteiger partial charge in [0.05, 0.1) is 11.3 Å². The highest BCUT2D eigenvalue weighted by atomic mass is 79.9. The van der Waals surface area contributed by atoms with Gasteiger partial charge in [0.1, 0.15) is 0 Å². The van der Waals surface area contributed by atoms with E-state index in [1.165, 1.54) is 0 Å². The van der Waals surface area contributed by atoms with Gasteiger partial charge in [0, 0.05) is 24.4 Å². The molecule has 0 saturated heterocycles. The number of ether oxygens (including phenoxy) is 1. The van der Waals surface area contributed by atoms with Crippen LogP contribution in [0.3, 0.4) is 0 Å². The van der Waals surface area contributed by atoms with Crippen molar-refractivity contribution in [3.63, 3.8) is 0 Å². The lowest BCUT2D eigenvalue weighted by atomic mass is 10.0. The lowest BCUT2D eigenvalue weighted by molar-refractivity contribution is 0.199. The van der Waals surface area contributed by atoms with Gasteiger partial charge < -0.3 is 4.74 Å². The molecular weight excluding hydrogens is 362 g/mol. The topological polar surface area (TPSA) is 55.4 Å². The largest absolute Gasteiger partial charge is 0.385 e. The molecule has 0 aliphatic carbocycles. The third-order valence-corrected chi connectivity index (χ3v) is 6.04. The van der Waals surface area contributed by atoms with Gasteiger partial charge >= 0.3 is 0 Å². The van der Waals surface area contributed by atoms with Crippen molar-refractivity contribution in [3.8, 4) is 0 Å². The van der Waals surface area contributed by atoms with E-state index in [0.29, 0.717) is 23.7 Å². The molecule has 0 aliphatic rings. The number of nitrogens with one attached hydrogen (secondary N) is 1. The first kappa shape index (κ1) is 16.8. The Morgan fingerprint density at radius 3 is 2.25 bits per heavy atom. The molecule has 0 aromatic carbocycles. The molecule has 4 nitrogen and oxygen atoms in total. The number of alkyl halides is 2. The summed E-state index contributed by atoms with van der Waals surface area (Å²) < 4.78 is 31.2. The van der Waals surface area contributed by atoms with Crippen LogP contribution in [0.15, 0.2) is 0 Å². The molecule has 0 fully saturated rings. The lowest BCUT2D eigenvalue weighted by Crippen LogP contribution is -2.51. The van der Waals surface area contributed by atoms with Gasteiger partial charge in [-0.05, 0) is 12.8 Å². The molecule has 16 heavy (non-hydrogen) atoms. The molecule has 0 spiro atoms. The lowest BCUT2D eigenvalue weighted by Gasteiger charge is -2.29. The quantitative estimate of drug-likeness (QED) is 0.490. The van der Waals surface area contributed by atoms with Crippen LogP contribution < -0.4 is 4.72 Å². The molecule has 1 N–H and O–H groups in total. The highest BCUT2D eigenvalue weighted by molar-refractivity contribution is 9.09. The maximum Gasteiger partial charge on any atom is 0.212 e. The first-order valence-corrected chi connectivity index (χ1v) is 8.97. The van der Waals surface area contributed by atoms with Crippen molar-refractivity contribution in [1.82, 2.24) is 4.72 Å². The SMILES string of the molecule is CCC(CBr)(CBr)NS(=O)(=O)CCCOC. The van der Waals surface area contributed by atoms with Crippen molar-refractivity contribution in [2.24, 2.45) is 0 Å². The highest BCUT2D eigenvalue weighted by Gasteiger charge is 2.30. The summed E-state index contributed by atoms with van der Waals surface area (Å²) >= 11 is 6.69. The van der Waals surface area contributed by atoms with Crippen molar-refractivity contribution in [2.75, 3.05) is 30.1 Å². The van der Waals surface area contributed by atoms with Crippen molar-refractivity contribution in [1.29, 1.82) is 0 Å². The van der Waals surface area contributed by atoms with Crippen molar-refractivity contribution >= 4 is 41.9 Å². The molecule has 0 saturated carbocycles. The second-order valence-corrected chi connectivity index (χ2v) is 6.63. The van der Waals surface area contributed by atoms with E-state index >= 15 is 0 Å². The normalized spacial score (nSPS) is 13.0. The minimum atomic E-state index is -3.24. The standard InChI is InChI=1S/C9H19Br2NO3S/c1-3-9(7-10,8-11)12-16(13,14)6-4-5-15-2/h12H,3-8H2,1-2H3. The predicted octanol–water partition coefficient (Wildman–Crippen LogP) is 1.88. The number of sulfonamides is 1. The zero-order valence-electron chi connectivity index (χ0n) is 9.63. The Morgan fingerprint density at radius 2 is 1.88 bits per heavy atom. The summed E-state index contributed by atoms with van der Waals surface area (Å²) in [6.07, 6.45) is 1.24. The summed E-state index contributed by atoms with van der Waals surface area (Å²) in [6.45, 7) is 2.42. The second kappa shape index (κ2) is 8.02. The summed E-state index contributed by atoms with van der Waals surface area (Å²) in [4.78, 5) is 0. The zero-order chi connectivity index (χ0) is 12.7. The minimum Gasteiger partial charge on any atom is -0.385 e. The number of hydrogen-bond donors (Lipinski definition) is 1. The smallest absolute Gasteiger partial charge is 0.212 e. The Morgan fingerprint density at radius 1 is 1.31 bits per heavy atom. The molecule has 0 aromatic heterocycles. The first-order valence-electron chi connectivity index (χ1n) is 5.08. The zero-order valence-corrected chi connectivity index (χ0v) is 13.6. The summed E-state index contributed by atoms with van der Waals surface area (Å²) in [7, 11) is -1.67. The van der Waals surface area contributed by atoms with E-state index in [4.69, 9.17) is 4.74 Å². The van der Waals surface area contributed by atoms with Crippen LogP contribution in [0.5, 0.6) is 0 Å². The van der Waals surface area contributed by atoms with Gasteiger partial charge in [0.15, 0.2) is 0 Å². The molecule has 7 heteroatoms. The molecule has 0 aromatic rings. The fourth-order valence-corrected chi connectivity index (χ4v) is 5.05. The number of hydrogen-bond acceptors (Lipinski definition) is 3. The van der Waals surface area contributed by atoms with Crippen LogP contribution in [-0.4, -0.2) is 44.1 Å². The van der Waals surface area contributed by atoms with Crippen LogP contribution in [0.25, 0.3) is 0 Å². The van der Waals surface area contributed by atoms with E-state index in [2.05, 4.69) is 36.6 Å². The van der Waals surface area contributed by atoms with Crippen molar-refractivity contribution in [3.05, 3.63) is 0 Å². The van der Waals surface area contributed by atoms with Crippen molar-refractivity contribution in [2.45, 2.75) is 25.3 Å². The van der Waals surface area contributed by atoms with Crippen LogP contribution in [0.1, 0.15) is 19.8 Å². The summed E-state index contributed by atoms with van der Waals surface area (Å²) in [6, 6.07) is 0. The Kier molecular flexibility index (Phi) is 8.44. The van der Waals surface area contributed by atoms with Crippen LogP contribution >= 0.6 is 31.9 Å². The van der Waals surface area contributed by atoms with E-state index in [0.717, 1.165) is 6.42 Å². The molecule has 0 unspecified atom stereocenters. The van der Waals surface area contributed by atoms with E-state index in [1.54, 1.807) is 7.11 Å². The Bertz CT molecular complexity index is 270. The number of methoxy groups -OCH3 is 1. The molecular formula is C9H19Br2NO3S. The van der Waals surface area contributed by atoms with E-state index in [9.17, 15) is 8.42 Å². The van der Waals surface area contributed by atoms with E-state index < -0.39 is 15.6 Å². The maximum absolute atomic E-state index is 11.8. The number of rotatable bonds is 9. The molecule has 0 heterocycles. The van der Waals surface area contributed by atoms with Gasteiger partial charge in [-0.3, -0.25) is 0 Å². The van der Waals surface area contributed by atoms with Gasteiger partial charge in [-0.2, -0.15) is 0 Å². The van der Waals surface area contributed by atoms with Crippen LogP contribution in [0, 0.1) is 0 Å². The van der Waals surface area contributed by atoms with Gasteiger partial charge in [-0.25, -0.2) is 13.1 Å². The van der Waals surface area contributed by atoms with Crippen LogP contribution in [0.2, 0.25) is 0 Å². The average molecular weight is 381 g/mol.